The van der Waals surface area contributed by atoms with Crippen molar-refractivity contribution in [2.45, 2.75) is 38.6 Å². The number of nitrogens with zero attached hydrogens (tertiary/aromatic N) is 2. The Morgan fingerprint density at radius 3 is 3.06 bits per heavy atom. The first kappa shape index (κ1) is 13.6. The maximum absolute atomic E-state index is 11.5. The number of nitrogens with one attached hydrogen (secondary N) is 1. The highest BCUT2D eigenvalue weighted by Crippen LogP contribution is 2.02. The molecule has 17 heavy (non-hydrogen) atoms. The number of carbonyl (C=O) groups excluding carboxylic acids is 1. The van der Waals surface area contributed by atoms with Gasteiger partial charge in [-0.15, -0.1) is 0 Å². The molecule has 1 aromatic heterocycles. The summed E-state index contributed by atoms with van der Waals surface area (Å²) in [7, 11) is 1.40. The van der Waals surface area contributed by atoms with E-state index in [0.717, 1.165) is 19.3 Å². The number of methoxy groups -OCH3 is 1. The molecule has 0 saturated heterocycles. The van der Waals surface area contributed by atoms with Crippen LogP contribution in [0.15, 0.2) is 10.9 Å². The highest BCUT2D eigenvalue weighted by molar-refractivity contribution is 5.75. The number of hydrogen-bond acceptors (Lipinski definition) is 6. The standard InChI is InChI=1S/C11H19N3O3/c1-3-4-5-9(11(15)16-2)12-7-6-10-13-8-14-17-10/h8-9,12H,3-7H2,1-2H3. The minimum absolute atomic E-state index is 0.219. The Kier molecular flexibility index (Phi) is 6.24. The molecule has 1 heterocycles. The summed E-state index contributed by atoms with van der Waals surface area (Å²) in [5, 5.41) is 6.66. The van der Waals surface area contributed by atoms with Crippen molar-refractivity contribution in [2.24, 2.45) is 0 Å². The van der Waals surface area contributed by atoms with E-state index in [1.807, 2.05) is 0 Å². The summed E-state index contributed by atoms with van der Waals surface area (Å²) in [4.78, 5) is 15.4. The molecule has 0 amide bonds. The van der Waals surface area contributed by atoms with Gasteiger partial charge in [0.05, 0.1) is 7.11 Å². The maximum atomic E-state index is 11.5. The summed E-state index contributed by atoms with van der Waals surface area (Å²) in [5.41, 5.74) is 0. The molecule has 1 unspecified atom stereocenters. The van der Waals surface area contributed by atoms with E-state index in [1.54, 1.807) is 0 Å². The van der Waals surface area contributed by atoms with Crippen molar-refractivity contribution in [3.05, 3.63) is 12.2 Å². The fraction of sp³-hybridized carbons (Fsp3) is 0.727. The molecule has 96 valence electrons. The Morgan fingerprint density at radius 1 is 1.65 bits per heavy atom. The van der Waals surface area contributed by atoms with Crippen LogP contribution >= 0.6 is 0 Å². The zero-order chi connectivity index (χ0) is 12.5. The number of hydrogen-bond donors (Lipinski definition) is 1. The highest BCUT2D eigenvalue weighted by Gasteiger charge is 2.17. The molecule has 0 fully saturated rings. The second-order valence-corrected chi connectivity index (χ2v) is 3.76. The molecule has 0 saturated carbocycles. The molecule has 1 atom stereocenters. The van der Waals surface area contributed by atoms with Crippen LogP contribution in [0.25, 0.3) is 0 Å². The summed E-state index contributed by atoms with van der Waals surface area (Å²) in [6.45, 7) is 2.71. The summed E-state index contributed by atoms with van der Waals surface area (Å²) in [6, 6.07) is -0.247. The zero-order valence-corrected chi connectivity index (χ0v) is 10.3. The lowest BCUT2D eigenvalue weighted by molar-refractivity contribution is -0.143. The van der Waals surface area contributed by atoms with E-state index in [9.17, 15) is 4.79 Å². The van der Waals surface area contributed by atoms with E-state index in [2.05, 4.69) is 22.4 Å². The van der Waals surface area contributed by atoms with Gasteiger partial charge >= 0.3 is 5.97 Å². The third-order valence-corrected chi connectivity index (χ3v) is 2.47. The number of esters is 1. The molecule has 0 radical (unpaired) electrons. The lowest BCUT2D eigenvalue weighted by Gasteiger charge is -2.15. The van der Waals surface area contributed by atoms with Crippen LogP contribution < -0.4 is 5.32 Å². The van der Waals surface area contributed by atoms with Crippen molar-refractivity contribution in [3.63, 3.8) is 0 Å². The predicted molar refractivity (Wildman–Crippen MR) is 61.3 cm³/mol. The smallest absolute Gasteiger partial charge is 0.322 e. The van der Waals surface area contributed by atoms with Gasteiger partial charge in [-0.2, -0.15) is 4.98 Å². The van der Waals surface area contributed by atoms with Gasteiger partial charge in [0.1, 0.15) is 6.04 Å². The van der Waals surface area contributed by atoms with Crippen LogP contribution in [0.5, 0.6) is 0 Å². The van der Waals surface area contributed by atoms with E-state index < -0.39 is 0 Å². The van der Waals surface area contributed by atoms with E-state index >= 15 is 0 Å². The lowest BCUT2D eigenvalue weighted by atomic mass is 10.1. The first-order valence-electron chi connectivity index (χ1n) is 5.84. The van der Waals surface area contributed by atoms with Gasteiger partial charge in [0, 0.05) is 13.0 Å². The van der Waals surface area contributed by atoms with Crippen LogP contribution in [0.1, 0.15) is 32.1 Å². The van der Waals surface area contributed by atoms with Crippen molar-refractivity contribution in [2.75, 3.05) is 13.7 Å². The van der Waals surface area contributed by atoms with Crippen LogP contribution in [0.2, 0.25) is 0 Å². The Bertz CT molecular complexity index is 314. The Morgan fingerprint density at radius 2 is 2.47 bits per heavy atom. The Balaban J connectivity index is 2.30. The van der Waals surface area contributed by atoms with Crippen molar-refractivity contribution in [3.8, 4) is 0 Å². The molecule has 0 aromatic carbocycles. The van der Waals surface area contributed by atoms with E-state index in [0.29, 0.717) is 18.9 Å². The molecule has 1 rings (SSSR count). The van der Waals surface area contributed by atoms with Crippen molar-refractivity contribution in [1.82, 2.24) is 15.5 Å². The first-order chi connectivity index (χ1) is 8.27. The molecule has 0 bridgehead atoms. The molecule has 6 nitrogen and oxygen atoms in total. The van der Waals surface area contributed by atoms with Gasteiger partial charge in [0.25, 0.3) is 0 Å². The van der Waals surface area contributed by atoms with Crippen molar-refractivity contribution >= 4 is 5.97 Å². The molecule has 0 aliphatic heterocycles. The number of ether oxygens (including phenoxy) is 1. The van der Waals surface area contributed by atoms with Crippen LogP contribution in [0.3, 0.4) is 0 Å². The largest absolute Gasteiger partial charge is 0.468 e. The summed E-state index contributed by atoms with van der Waals surface area (Å²) < 4.78 is 9.61. The lowest BCUT2D eigenvalue weighted by Crippen LogP contribution is -2.38. The molecule has 0 aliphatic carbocycles. The van der Waals surface area contributed by atoms with Gasteiger partial charge in [-0.25, -0.2) is 0 Å². The van der Waals surface area contributed by atoms with Gasteiger partial charge < -0.3 is 14.6 Å². The fourth-order valence-electron chi connectivity index (χ4n) is 1.51. The zero-order valence-electron chi connectivity index (χ0n) is 10.3. The second kappa shape index (κ2) is 7.78. The average molecular weight is 241 g/mol. The Labute approximate surface area is 101 Å². The minimum Gasteiger partial charge on any atom is -0.468 e. The van der Waals surface area contributed by atoms with Gasteiger partial charge in [-0.3, -0.25) is 4.79 Å². The monoisotopic (exact) mass is 241 g/mol. The number of carbonyl (C=O) groups is 1. The summed E-state index contributed by atoms with van der Waals surface area (Å²) in [5.74, 6) is 0.348. The van der Waals surface area contributed by atoms with Gasteiger partial charge in [-0.05, 0) is 6.42 Å². The predicted octanol–water partition coefficient (Wildman–Crippen LogP) is 0.933. The Hall–Kier alpha value is -1.43. The molecular weight excluding hydrogens is 222 g/mol. The van der Waals surface area contributed by atoms with Crippen LogP contribution in [0, 0.1) is 0 Å². The molecule has 0 spiro atoms. The quantitative estimate of drug-likeness (QED) is 0.682. The number of aromatic nitrogens is 2. The van der Waals surface area contributed by atoms with Gasteiger partial charge in [-0.1, -0.05) is 24.9 Å². The van der Waals surface area contributed by atoms with Crippen LogP contribution in [-0.4, -0.2) is 35.8 Å². The fourth-order valence-corrected chi connectivity index (χ4v) is 1.51. The highest BCUT2D eigenvalue weighted by atomic mass is 16.5. The van der Waals surface area contributed by atoms with Crippen molar-refractivity contribution in [1.29, 1.82) is 0 Å². The van der Waals surface area contributed by atoms with Crippen molar-refractivity contribution < 1.29 is 14.1 Å². The third kappa shape index (κ3) is 4.95. The van der Waals surface area contributed by atoms with E-state index in [-0.39, 0.29) is 12.0 Å². The molecule has 0 aliphatic rings. The SMILES string of the molecule is CCCCC(NCCc1ncno1)C(=O)OC. The van der Waals surface area contributed by atoms with Gasteiger partial charge in [0.15, 0.2) is 6.33 Å². The number of rotatable bonds is 8. The molecule has 1 aromatic rings. The molecule has 6 heteroatoms. The average Bonchev–Trinajstić information content (AvgIpc) is 2.85. The summed E-state index contributed by atoms with van der Waals surface area (Å²) >= 11 is 0. The second-order valence-electron chi connectivity index (χ2n) is 3.76. The first-order valence-corrected chi connectivity index (χ1v) is 5.84. The molecular formula is C11H19N3O3. The number of unbranched alkanes of at least 4 members (excludes halogenated alkanes) is 1. The van der Waals surface area contributed by atoms with E-state index in [4.69, 9.17) is 9.26 Å². The maximum Gasteiger partial charge on any atom is 0.322 e. The summed E-state index contributed by atoms with van der Waals surface area (Å²) in [6.07, 6.45) is 4.81. The topological polar surface area (TPSA) is 77.3 Å². The van der Waals surface area contributed by atoms with Crippen LogP contribution in [0.4, 0.5) is 0 Å². The minimum atomic E-state index is -0.247. The van der Waals surface area contributed by atoms with E-state index in [1.165, 1.54) is 13.4 Å². The third-order valence-electron chi connectivity index (χ3n) is 2.47. The van der Waals surface area contributed by atoms with Gasteiger partial charge in [0.2, 0.25) is 5.89 Å². The van der Waals surface area contributed by atoms with Crippen LogP contribution in [-0.2, 0) is 16.0 Å². The molecule has 1 N–H and O–H groups in total. The normalized spacial score (nSPS) is 12.4.